The standard InChI is InChI=1S/C14H20FNO3/c1-18-9-7-16(8-10-19-2)11-14(17)12-3-5-13(15)6-4-12/h3-6H,7-11H2,1-2H3. The van der Waals surface area contributed by atoms with Crippen LogP contribution in [0.1, 0.15) is 10.4 Å². The van der Waals surface area contributed by atoms with Gasteiger partial charge in [0.15, 0.2) is 5.78 Å². The highest BCUT2D eigenvalue weighted by Crippen LogP contribution is 2.05. The van der Waals surface area contributed by atoms with E-state index >= 15 is 0 Å². The van der Waals surface area contributed by atoms with Gasteiger partial charge in [0.05, 0.1) is 19.8 Å². The molecule has 0 bridgehead atoms. The number of carbonyl (C=O) groups is 1. The molecular formula is C14H20FNO3. The Kier molecular flexibility index (Phi) is 7.25. The van der Waals surface area contributed by atoms with Crippen molar-refractivity contribution >= 4 is 5.78 Å². The summed E-state index contributed by atoms with van der Waals surface area (Å²) >= 11 is 0. The molecular weight excluding hydrogens is 249 g/mol. The average Bonchev–Trinajstić information content (AvgIpc) is 2.42. The van der Waals surface area contributed by atoms with Crippen LogP contribution >= 0.6 is 0 Å². The smallest absolute Gasteiger partial charge is 0.176 e. The van der Waals surface area contributed by atoms with Crippen LogP contribution in [0.15, 0.2) is 24.3 Å². The Morgan fingerprint density at radius 3 is 2.11 bits per heavy atom. The number of hydrogen-bond donors (Lipinski definition) is 0. The summed E-state index contributed by atoms with van der Waals surface area (Å²) in [5.74, 6) is -0.376. The first-order valence-corrected chi connectivity index (χ1v) is 6.16. The number of benzene rings is 1. The lowest BCUT2D eigenvalue weighted by Crippen LogP contribution is -2.35. The van der Waals surface area contributed by atoms with Gasteiger partial charge in [0, 0.05) is 32.9 Å². The van der Waals surface area contributed by atoms with Crippen LogP contribution in [0.2, 0.25) is 0 Å². The Hall–Kier alpha value is -1.30. The van der Waals surface area contributed by atoms with E-state index in [4.69, 9.17) is 9.47 Å². The van der Waals surface area contributed by atoms with Gasteiger partial charge in [0.1, 0.15) is 5.82 Å². The van der Waals surface area contributed by atoms with E-state index in [2.05, 4.69) is 0 Å². The van der Waals surface area contributed by atoms with Gasteiger partial charge in [-0.3, -0.25) is 9.69 Å². The van der Waals surface area contributed by atoms with Crippen LogP contribution in [0.5, 0.6) is 0 Å². The third-order valence-electron chi connectivity index (χ3n) is 2.76. The van der Waals surface area contributed by atoms with Crippen molar-refractivity contribution in [3.05, 3.63) is 35.6 Å². The zero-order chi connectivity index (χ0) is 14.1. The maximum Gasteiger partial charge on any atom is 0.176 e. The number of halogens is 1. The Bertz CT molecular complexity index is 373. The van der Waals surface area contributed by atoms with Crippen molar-refractivity contribution in [2.24, 2.45) is 0 Å². The van der Waals surface area contributed by atoms with Gasteiger partial charge >= 0.3 is 0 Å². The summed E-state index contributed by atoms with van der Waals surface area (Å²) in [7, 11) is 3.24. The lowest BCUT2D eigenvalue weighted by Gasteiger charge is -2.20. The second-order valence-electron chi connectivity index (χ2n) is 4.19. The minimum Gasteiger partial charge on any atom is -0.383 e. The Morgan fingerprint density at radius 2 is 1.63 bits per heavy atom. The minimum absolute atomic E-state index is 0.0350. The number of nitrogens with zero attached hydrogens (tertiary/aromatic N) is 1. The van der Waals surface area contributed by atoms with E-state index in [-0.39, 0.29) is 18.1 Å². The predicted octanol–water partition coefficient (Wildman–Crippen LogP) is 1.60. The largest absolute Gasteiger partial charge is 0.383 e. The summed E-state index contributed by atoms with van der Waals surface area (Å²) in [6.07, 6.45) is 0. The van der Waals surface area contributed by atoms with Crippen molar-refractivity contribution in [1.29, 1.82) is 0 Å². The first-order chi connectivity index (χ1) is 9.17. The van der Waals surface area contributed by atoms with Gasteiger partial charge in [0.2, 0.25) is 0 Å². The van der Waals surface area contributed by atoms with E-state index in [1.54, 1.807) is 14.2 Å². The third-order valence-corrected chi connectivity index (χ3v) is 2.76. The maximum absolute atomic E-state index is 12.8. The first kappa shape index (κ1) is 15.8. The molecule has 0 radical (unpaired) electrons. The minimum atomic E-state index is -0.341. The molecule has 5 heteroatoms. The zero-order valence-corrected chi connectivity index (χ0v) is 11.4. The second-order valence-corrected chi connectivity index (χ2v) is 4.19. The van der Waals surface area contributed by atoms with E-state index in [9.17, 15) is 9.18 Å². The molecule has 0 spiro atoms. The fourth-order valence-electron chi connectivity index (χ4n) is 1.64. The summed E-state index contributed by atoms with van der Waals surface area (Å²) < 4.78 is 22.8. The predicted molar refractivity (Wildman–Crippen MR) is 70.9 cm³/mol. The van der Waals surface area contributed by atoms with Gasteiger partial charge in [0.25, 0.3) is 0 Å². The summed E-state index contributed by atoms with van der Waals surface area (Å²) in [5, 5.41) is 0. The molecule has 0 aliphatic carbocycles. The summed E-state index contributed by atoms with van der Waals surface area (Å²) in [5.41, 5.74) is 0.515. The van der Waals surface area contributed by atoms with E-state index in [0.717, 1.165) is 0 Å². The van der Waals surface area contributed by atoms with Crippen LogP contribution in [0.4, 0.5) is 4.39 Å². The molecule has 0 aromatic heterocycles. The number of carbonyl (C=O) groups excluding carboxylic acids is 1. The monoisotopic (exact) mass is 269 g/mol. The molecule has 1 aromatic carbocycles. The number of ketones is 1. The number of methoxy groups -OCH3 is 2. The molecule has 0 heterocycles. The van der Waals surface area contributed by atoms with E-state index < -0.39 is 0 Å². The molecule has 1 rings (SSSR count). The van der Waals surface area contributed by atoms with Crippen LogP contribution in [0.25, 0.3) is 0 Å². The Morgan fingerprint density at radius 1 is 1.11 bits per heavy atom. The summed E-state index contributed by atoms with van der Waals surface area (Å²) in [4.78, 5) is 14.0. The zero-order valence-electron chi connectivity index (χ0n) is 11.4. The average molecular weight is 269 g/mol. The van der Waals surface area contributed by atoms with Gasteiger partial charge in [-0.25, -0.2) is 4.39 Å². The van der Waals surface area contributed by atoms with Crippen LogP contribution < -0.4 is 0 Å². The van der Waals surface area contributed by atoms with Crippen molar-refractivity contribution < 1.29 is 18.7 Å². The molecule has 0 N–H and O–H groups in total. The van der Waals surface area contributed by atoms with Crippen LogP contribution in [-0.2, 0) is 9.47 Å². The quantitative estimate of drug-likeness (QED) is 0.638. The van der Waals surface area contributed by atoms with E-state index in [1.165, 1.54) is 24.3 Å². The van der Waals surface area contributed by atoms with Crippen molar-refractivity contribution in [1.82, 2.24) is 4.90 Å². The van der Waals surface area contributed by atoms with Crippen LogP contribution in [0.3, 0.4) is 0 Å². The molecule has 0 aliphatic heterocycles. The molecule has 0 saturated heterocycles. The third kappa shape index (κ3) is 5.92. The molecule has 0 aliphatic rings. The maximum atomic E-state index is 12.8. The molecule has 4 nitrogen and oxygen atoms in total. The lowest BCUT2D eigenvalue weighted by atomic mass is 10.1. The second kappa shape index (κ2) is 8.74. The topological polar surface area (TPSA) is 38.8 Å². The van der Waals surface area contributed by atoms with Crippen LogP contribution in [0, 0.1) is 5.82 Å². The fraction of sp³-hybridized carbons (Fsp3) is 0.500. The molecule has 1 aromatic rings. The number of Topliss-reactive ketones (excluding diaryl/α,β-unsaturated/α-hetero) is 1. The molecule has 106 valence electrons. The van der Waals surface area contributed by atoms with Gasteiger partial charge in [-0.2, -0.15) is 0 Å². The Labute approximate surface area is 113 Å². The molecule has 0 fully saturated rings. The highest BCUT2D eigenvalue weighted by atomic mass is 19.1. The normalized spacial score (nSPS) is 10.9. The van der Waals surface area contributed by atoms with Gasteiger partial charge in [-0.15, -0.1) is 0 Å². The van der Waals surface area contributed by atoms with Gasteiger partial charge in [-0.1, -0.05) is 0 Å². The summed E-state index contributed by atoms with van der Waals surface area (Å²) in [6.45, 7) is 2.71. The van der Waals surface area contributed by atoms with Crippen molar-refractivity contribution in [3.63, 3.8) is 0 Å². The van der Waals surface area contributed by atoms with E-state index in [1.807, 2.05) is 4.90 Å². The highest BCUT2D eigenvalue weighted by molar-refractivity contribution is 5.97. The van der Waals surface area contributed by atoms with E-state index in [0.29, 0.717) is 31.9 Å². The van der Waals surface area contributed by atoms with Gasteiger partial charge < -0.3 is 9.47 Å². The lowest BCUT2D eigenvalue weighted by molar-refractivity contribution is 0.0837. The number of ether oxygens (including phenoxy) is 2. The van der Waals surface area contributed by atoms with Crippen molar-refractivity contribution in [2.75, 3.05) is 47.1 Å². The first-order valence-electron chi connectivity index (χ1n) is 6.16. The highest BCUT2D eigenvalue weighted by Gasteiger charge is 2.12. The molecule has 0 amide bonds. The molecule has 0 saturated carbocycles. The fourth-order valence-corrected chi connectivity index (χ4v) is 1.64. The van der Waals surface area contributed by atoms with Crippen LogP contribution in [-0.4, -0.2) is 57.8 Å². The number of hydrogen-bond acceptors (Lipinski definition) is 4. The number of rotatable bonds is 9. The Balaban J connectivity index is 2.56. The van der Waals surface area contributed by atoms with Crippen molar-refractivity contribution in [3.8, 4) is 0 Å². The molecule has 0 atom stereocenters. The van der Waals surface area contributed by atoms with Gasteiger partial charge in [-0.05, 0) is 24.3 Å². The van der Waals surface area contributed by atoms with Crippen molar-refractivity contribution in [2.45, 2.75) is 0 Å². The molecule has 0 unspecified atom stereocenters. The molecule has 19 heavy (non-hydrogen) atoms. The summed E-state index contributed by atoms with van der Waals surface area (Å²) in [6, 6.07) is 5.59. The SMILES string of the molecule is COCCN(CCOC)CC(=O)c1ccc(F)cc1.